The summed E-state index contributed by atoms with van der Waals surface area (Å²) in [5.74, 6) is -0.225. The predicted molar refractivity (Wildman–Crippen MR) is 83.9 cm³/mol. The molecule has 0 fully saturated rings. The van der Waals surface area contributed by atoms with E-state index in [-0.39, 0.29) is 16.0 Å². The minimum atomic E-state index is -1.53. The van der Waals surface area contributed by atoms with Crippen molar-refractivity contribution in [2.75, 3.05) is 5.75 Å². The molecular weight excluding hydrogens is 276 g/mol. The lowest BCUT2D eigenvalue weighted by atomic mass is 10.4. The average molecular weight is 298 g/mol. The summed E-state index contributed by atoms with van der Waals surface area (Å²) in [6.07, 6.45) is 8.41. The molecule has 20 heavy (non-hydrogen) atoms. The quantitative estimate of drug-likeness (QED) is 0.465. The lowest BCUT2D eigenvalue weighted by molar-refractivity contribution is -0.141. The summed E-state index contributed by atoms with van der Waals surface area (Å²) in [6.45, 7) is 6.84. The Morgan fingerprint density at radius 1 is 0.950 bits per heavy atom. The Balaban J connectivity index is 4.84. The highest BCUT2D eigenvalue weighted by molar-refractivity contribution is 8.41. The van der Waals surface area contributed by atoms with Gasteiger partial charge < -0.3 is 4.74 Å². The summed E-state index contributed by atoms with van der Waals surface area (Å²) in [5.41, 5.74) is 0. The van der Waals surface area contributed by atoms with E-state index in [2.05, 4.69) is 0 Å². The largest absolute Gasteiger partial charge is 0.459 e. The first kappa shape index (κ1) is 18.4. The number of esters is 1. The van der Waals surface area contributed by atoms with Crippen LogP contribution in [-0.2, 0) is 19.1 Å². The fourth-order valence-electron chi connectivity index (χ4n) is 1.42. The standard InChI is InChI=1S/C15H22O4S/c1-5-8-13(16)19-12(4)11-20(14(17)9-6-2)15(18)10-7-3/h5-10,12,20H,11H2,1-4H3/t12-/m0/s1. The third kappa shape index (κ3) is 7.09. The van der Waals surface area contributed by atoms with Crippen LogP contribution < -0.4 is 0 Å². The molecule has 0 saturated heterocycles. The zero-order chi connectivity index (χ0) is 15.5. The van der Waals surface area contributed by atoms with Gasteiger partial charge in [0, 0.05) is 11.8 Å². The highest BCUT2D eigenvalue weighted by Crippen LogP contribution is 2.30. The van der Waals surface area contributed by atoms with E-state index >= 15 is 0 Å². The number of carbonyl (C=O) groups excluding carboxylic acids is 3. The smallest absolute Gasteiger partial charge is 0.330 e. The third-order valence-corrected chi connectivity index (χ3v) is 4.45. The maximum Gasteiger partial charge on any atom is 0.330 e. The van der Waals surface area contributed by atoms with Gasteiger partial charge in [0.1, 0.15) is 6.10 Å². The molecular formula is C15H22O4S. The molecule has 0 unspecified atom stereocenters. The molecule has 0 aromatic carbocycles. The number of carbonyl (C=O) groups is 3. The number of hydrogen-bond donors (Lipinski definition) is 1. The molecule has 0 spiro atoms. The first-order chi connectivity index (χ1) is 9.46. The number of rotatable bonds is 6. The summed E-state index contributed by atoms with van der Waals surface area (Å²) < 4.78 is 5.12. The minimum absolute atomic E-state index is 0.209. The summed E-state index contributed by atoms with van der Waals surface area (Å²) >= 11 is 0. The van der Waals surface area contributed by atoms with Gasteiger partial charge in [-0.25, -0.2) is 4.79 Å². The fourth-order valence-corrected chi connectivity index (χ4v) is 3.25. The Bertz CT molecular complexity index is 411. The zero-order valence-corrected chi connectivity index (χ0v) is 13.2. The molecule has 0 bridgehead atoms. The van der Waals surface area contributed by atoms with E-state index in [0.717, 1.165) is 0 Å². The molecule has 1 atom stereocenters. The Kier molecular flexibility index (Phi) is 9.38. The molecule has 4 nitrogen and oxygen atoms in total. The molecule has 0 amide bonds. The van der Waals surface area contributed by atoms with Gasteiger partial charge in [0.05, 0.1) is 0 Å². The average Bonchev–Trinajstić information content (AvgIpc) is 2.36. The molecule has 0 aliphatic heterocycles. The second-order valence-electron chi connectivity index (χ2n) is 4.03. The van der Waals surface area contributed by atoms with Crippen LogP contribution in [0.4, 0.5) is 0 Å². The van der Waals surface area contributed by atoms with Gasteiger partial charge in [-0.05, 0) is 39.8 Å². The molecule has 0 aliphatic rings. The molecule has 0 rings (SSSR count). The number of hydrogen-bond acceptors (Lipinski definition) is 4. The summed E-state index contributed by atoms with van der Waals surface area (Å²) in [4.78, 5) is 35.2. The van der Waals surface area contributed by atoms with Crippen LogP contribution in [0.3, 0.4) is 0 Å². The van der Waals surface area contributed by atoms with E-state index in [9.17, 15) is 14.4 Å². The van der Waals surface area contributed by atoms with Crippen LogP contribution in [0.2, 0.25) is 0 Å². The van der Waals surface area contributed by atoms with Crippen LogP contribution in [-0.4, -0.2) is 28.1 Å². The topological polar surface area (TPSA) is 60.4 Å². The Labute approximate surface area is 122 Å². The van der Waals surface area contributed by atoms with Crippen LogP contribution in [0.5, 0.6) is 0 Å². The number of allylic oxidation sites excluding steroid dienone is 3. The molecule has 0 aliphatic carbocycles. The summed E-state index contributed by atoms with van der Waals surface area (Å²) in [7, 11) is -1.53. The van der Waals surface area contributed by atoms with Crippen LogP contribution in [0.1, 0.15) is 27.7 Å². The monoisotopic (exact) mass is 298 g/mol. The number of thiol groups is 1. The van der Waals surface area contributed by atoms with Crippen LogP contribution in [0.25, 0.3) is 0 Å². The van der Waals surface area contributed by atoms with E-state index in [1.54, 1.807) is 45.9 Å². The van der Waals surface area contributed by atoms with Gasteiger partial charge in [-0.15, -0.1) is 10.9 Å². The number of ether oxygens (including phenoxy) is 1. The lowest BCUT2D eigenvalue weighted by Crippen LogP contribution is -2.21. The first-order valence-corrected chi connectivity index (χ1v) is 7.93. The van der Waals surface area contributed by atoms with Crippen molar-refractivity contribution in [3.8, 4) is 0 Å². The van der Waals surface area contributed by atoms with Crippen molar-refractivity contribution in [1.82, 2.24) is 0 Å². The van der Waals surface area contributed by atoms with Gasteiger partial charge in [-0.1, -0.05) is 18.2 Å². The van der Waals surface area contributed by atoms with Gasteiger partial charge in [0.2, 0.25) is 0 Å². The van der Waals surface area contributed by atoms with Crippen molar-refractivity contribution in [1.29, 1.82) is 0 Å². The summed E-state index contributed by atoms with van der Waals surface area (Å²) in [6, 6.07) is 0. The first-order valence-electron chi connectivity index (χ1n) is 6.40. The second kappa shape index (κ2) is 10.2. The maximum atomic E-state index is 11.9. The maximum absolute atomic E-state index is 11.9. The van der Waals surface area contributed by atoms with E-state index < -0.39 is 23.0 Å². The van der Waals surface area contributed by atoms with Crippen molar-refractivity contribution in [3.63, 3.8) is 0 Å². The van der Waals surface area contributed by atoms with Crippen LogP contribution in [0.15, 0.2) is 36.5 Å². The van der Waals surface area contributed by atoms with Gasteiger partial charge in [0.15, 0.2) is 10.2 Å². The van der Waals surface area contributed by atoms with Crippen molar-refractivity contribution in [3.05, 3.63) is 36.5 Å². The van der Waals surface area contributed by atoms with Gasteiger partial charge in [-0.3, -0.25) is 9.59 Å². The van der Waals surface area contributed by atoms with Gasteiger partial charge >= 0.3 is 5.97 Å². The van der Waals surface area contributed by atoms with E-state index in [1.165, 1.54) is 18.2 Å². The van der Waals surface area contributed by atoms with Crippen molar-refractivity contribution in [2.24, 2.45) is 0 Å². The van der Waals surface area contributed by atoms with Gasteiger partial charge in [-0.2, -0.15) is 0 Å². The SMILES string of the molecule is CC=CC(=O)O[C@@H](C)C[SH](C(=O)C=CC)C(=O)C=CC. The zero-order valence-electron chi connectivity index (χ0n) is 12.3. The third-order valence-electron chi connectivity index (χ3n) is 2.21. The molecule has 0 radical (unpaired) electrons. The highest BCUT2D eigenvalue weighted by atomic mass is 32.2. The molecule has 0 aromatic rings. The Hall–Kier alpha value is -1.62. The molecule has 112 valence electrons. The molecule has 0 aromatic heterocycles. The van der Waals surface area contributed by atoms with Gasteiger partial charge in [0.25, 0.3) is 0 Å². The molecule has 0 N–H and O–H groups in total. The summed E-state index contributed by atoms with van der Waals surface area (Å²) in [5, 5.41) is -0.418. The van der Waals surface area contributed by atoms with Crippen molar-refractivity contribution in [2.45, 2.75) is 33.8 Å². The van der Waals surface area contributed by atoms with Crippen LogP contribution in [0, 0.1) is 0 Å². The van der Waals surface area contributed by atoms with Crippen molar-refractivity contribution >= 4 is 27.1 Å². The Morgan fingerprint density at radius 3 is 1.80 bits per heavy atom. The Morgan fingerprint density at radius 2 is 1.40 bits per heavy atom. The predicted octanol–water partition coefficient (Wildman–Crippen LogP) is 2.70. The molecule has 5 heteroatoms. The normalized spacial score (nSPS) is 15.7. The van der Waals surface area contributed by atoms with E-state index in [0.29, 0.717) is 0 Å². The lowest BCUT2D eigenvalue weighted by Gasteiger charge is -2.20. The van der Waals surface area contributed by atoms with Crippen molar-refractivity contribution < 1.29 is 19.1 Å². The highest BCUT2D eigenvalue weighted by Gasteiger charge is 2.22. The van der Waals surface area contributed by atoms with E-state index in [4.69, 9.17) is 4.74 Å². The van der Waals surface area contributed by atoms with E-state index in [1.807, 2.05) is 0 Å². The minimum Gasteiger partial charge on any atom is -0.459 e. The molecule has 0 saturated carbocycles. The fraction of sp³-hybridized carbons (Fsp3) is 0.400. The second-order valence-corrected chi connectivity index (χ2v) is 6.14. The molecule has 0 heterocycles. The van der Waals surface area contributed by atoms with Crippen LogP contribution >= 0.6 is 10.9 Å².